The first-order valence-electron chi connectivity index (χ1n) is 5.55. The van der Waals surface area contributed by atoms with Crippen molar-refractivity contribution >= 4 is 11.9 Å². The van der Waals surface area contributed by atoms with E-state index in [0.29, 0.717) is 19.4 Å². The first-order chi connectivity index (χ1) is 7.67. The van der Waals surface area contributed by atoms with Crippen molar-refractivity contribution in [3.63, 3.8) is 0 Å². The van der Waals surface area contributed by atoms with Gasteiger partial charge in [0.15, 0.2) is 0 Å². The molecule has 0 amide bonds. The van der Waals surface area contributed by atoms with Crippen molar-refractivity contribution in [2.75, 3.05) is 27.3 Å². The molecule has 1 atom stereocenters. The standard InChI is InChI=1S/C11H19NO4/c1-15-10(13)5-7-12-6-3-4-9(12)8-11(14)16-2/h9H,3-8H2,1-2H3. The summed E-state index contributed by atoms with van der Waals surface area (Å²) in [6, 6.07) is 0.220. The van der Waals surface area contributed by atoms with Crippen LogP contribution in [-0.2, 0) is 19.1 Å². The summed E-state index contributed by atoms with van der Waals surface area (Å²) in [6.07, 6.45) is 2.87. The Labute approximate surface area is 95.7 Å². The van der Waals surface area contributed by atoms with E-state index >= 15 is 0 Å². The van der Waals surface area contributed by atoms with Crippen molar-refractivity contribution in [3.8, 4) is 0 Å². The van der Waals surface area contributed by atoms with Gasteiger partial charge in [0.2, 0.25) is 0 Å². The molecule has 0 aromatic rings. The van der Waals surface area contributed by atoms with Gasteiger partial charge >= 0.3 is 11.9 Å². The van der Waals surface area contributed by atoms with E-state index in [-0.39, 0.29) is 18.0 Å². The second kappa shape index (κ2) is 6.48. The van der Waals surface area contributed by atoms with Gasteiger partial charge in [-0.2, -0.15) is 0 Å². The third kappa shape index (κ3) is 3.81. The van der Waals surface area contributed by atoms with Crippen LogP contribution in [0, 0.1) is 0 Å². The maximum atomic E-state index is 11.2. The molecule has 0 aliphatic carbocycles. The van der Waals surface area contributed by atoms with Gasteiger partial charge in [-0.05, 0) is 19.4 Å². The van der Waals surface area contributed by atoms with Crippen LogP contribution >= 0.6 is 0 Å². The minimum Gasteiger partial charge on any atom is -0.469 e. The van der Waals surface area contributed by atoms with Gasteiger partial charge in [0.25, 0.3) is 0 Å². The molecule has 5 nitrogen and oxygen atoms in total. The van der Waals surface area contributed by atoms with Crippen LogP contribution in [0.15, 0.2) is 0 Å². The van der Waals surface area contributed by atoms with E-state index in [1.54, 1.807) is 0 Å². The molecule has 0 aromatic heterocycles. The number of rotatable bonds is 5. The second-order valence-electron chi connectivity index (χ2n) is 3.94. The van der Waals surface area contributed by atoms with Crippen LogP contribution in [0.1, 0.15) is 25.7 Å². The van der Waals surface area contributed by atoms with Crippen molar-refractivity contribution in [2.24, 2.45) is 0 Å². The third-order valence-corrected chi connectivity index (χ3v) is 2.96. The summed E-state index contributed by atoms with van der Waals surface area (Å²) in [5, 5.41) is 0. The number of hydrogen-bond donors (Lipinski definition) is 0. The van der Waals surface area contributed by atoms with E-state index in [9.17, 15) is 9.59 Å². The Balaban J connectivity index is 2.34. The van der Waals surface area contributed by atoms with Crippen molar-refractivity contribution in [1.29, 1.82) is 0 Å². The molecule has 1 aliphatic heterocycles. The maximum absolute atomic E-state index is 11.2. The Kier molecular flexibility index (Phi) is 5.25. The Bertz CT molecular complexity index is 254. The van der Waals surface area contributed by atoms with Crippen LogP contribution < -0.4 is 0 Å². The summed E-state index contributed by atoms with van der Waals surface area (Å²) in [5.74, 6) is -0.390. The van der Waals surface area contributed by atoms with Gasteiger partial charge in [-0.15, -0.1) is 0 Å². The fourth-order valence-corrected chi connectivity index (χ4v) is 2.03. The smallest absolute Gasteiger partial charge is 0.307 e. The Morgan fingerprint density at radius 1 is 1.25 bits per heavy atom. The quantitative estimate of drug-likeness (QED) is 0.645. The lowest BCUT2D eigenvalue weighted by Gasteiger charge is -2.22. The largest absolute Gasteiger partial charge is 0.469 e. The van der Waals surface area contributed by atoms with Crippen molar-refractivity contribution in [2.45, 2.75) is 31.7 Å². The number of carbonyl (C=O) groups excluding carboxylic acids is 2. The first kappa shape index (κ1) is 13.0. The van der Waals surface area contributed by atoms with Crippen LogP contribution in [0.3, 0.4) is 0 Å². The van der Waals surface area contributed by atoms with E-state index in [1.165, 1.54) is 14.2 Å². The molecule has 1 saturated heterocycles. The predicted molar refractivity (Wildman–Crippen MR) is 57.9 cm³/mol. The molecule has 0 radical (unpaired) electrons. The fourth-order valence-electron chi connectivity index (χ4n) is 2.03. The summed E-state index contributed by atoms with van der Waals surface area (Å²) in [4.78, 5) is 24.3. The first-order valence-corrected chi connectivity index (χ1v) is 5.55. The highest BCUT2D eigenvalue weighted by molar-refractivity contribution is 5.70. The highest BCUT2D eigenvalue weighted by atomic mass is 16.5. The molecule has 0 bridgehead atoms. The Morgan fingerprint density at radius 2 is 1.94 bits per heavy atom. The van der Waals surface area contributed by atoms with Crippen LogP contribution in [0.25, 0.3) is 0 Å². The van der Waals surface area contributed by atoms with Crippen molar-refractivity contribution in [1.82, 2.24) is 4.90 Å². The average molecular weight is 229 g/mol. The molecule has 0 spiro atoms. The molecule has 5 heteroatoms. The second-order valence-corrected chi connectivity index (χ2v) is 3.94. The molecule has 0 aromatic carbocycles. The van der Waals surface area contributed by atoms with Gasteiger partial charge < -0.3 is 9.47 Å². The van der Waals surface area contributed by atoms with Crippen molar-refractivity contribution in [3.05, 3.63) is 0 Å². The molecular weight excluding hydrogens is 210 g/mol. The zero-order valence-electron chi connectivity index (χ0n) is 9.90. The maximum Gasteiger partial charge on any atom is 0.307 e. The lowest BCUT2D eigenvalue weighted by atomic mass is 10.1. The van der Waals surface area contributed by atoms with Gasteiger partial charge in [0.1, 0.15) is 0 Å². The Morgan fingerprint density at radius 3 is 2.56 bits per heavy atom. The fraction of sp³-hybridized carbons (Fsp3) is 0.818. The van der Waals surface area contributed by atoms with Crippen LogP contribution in [0.5, 0.6) is 0 Å². The zero-order valence-corrected chi connectivity index (χ0v) is 9.90. The number of esters is 2. The van der Waals surface area contributed by atoms with Crippen LogP contribution in [0.2, 0.25) is 0 Å². The number of methoxy groups -OCH3 is 2. The summed E-state index contributed by atoms with van der Waals surface area (Å²) in [6.45, 7) is 1.60. The molecule has 0 N–H and O–H groups in total. The summed E-state index contributed by atoms with van der Waals surface area (Å²) < 4.78 is 9.24. The molecule has 0 saturated carbocycles. The monoisotopic (exact) mass is 229 g/mol. The molecule has 1 aliphatic rings. The van der Waals surface area contributed by atoms with E-state index in [2.05, 4.69) is 14.4 Å². The van der Waals surface area contributed by atoms with Crippen LogP contribution in [-0.4, -0.2) is 50.2 Å². The Hall–Kier alpha value is -1.10. The van der Waals surface area contributed by atoms with Gasteiger partial charge in [-0.25, -0.2) is 0 Å². The van der Waals surface area contributed by atoms with E-state index in [0.717, 1.165) is 19.4 Å². The number of ether oxygens (including phenoxy) is 2. The highest BCUT2D eigenvalue weighted by Crippen LogP contribution is 2.20. The van der Waals surface area contributed by atoms with Gasteiger partial charge in [0, 0.05) is 12.6 Å². The topological polar surface area (TPSA) is 55.8 Å². The zero-order chi connectivity index (χ0) is 12.0. The number of likely N-dealkylation sites (tertiary alicyclic amines) is 1. The molecule has 1 fully saturated rings. The minimum absolute atomic E-state index is 0.185. The van der Waals surface area contributed by atoms with E-state index < -0.39 is 0 Å². The molecule has 92 valence electrons. The normalized spacial score (nSPS) is 20.8. The number of carbonyl (C=O) groups is 2. The van der Waals surface area contributed by atoms with E-state index in [4.69, 9.17) is 0 Å². The summed E-state index contributed by atoms with van der Waals surface area (Å²) >= 11 is 0. The van der Waals surface area contributed by atoms with Gasteiger partial charge in [-0.3, -0.25) is 14.5 Å². The van der Waals surface area contributed by atoms with Gasteiger partial charge in [0.05, 0.1) is 27.1 Å². The average Bonchev–Trinajstić information content (AvgIpc) is 2.73. The molecular formula is C11H19NO4. The molecule has 1 heterocycles. The summed E-state index contributed by atoms with van der Waals surface area (Å²) in [7, 11) is 2.79. The molecule has 1 unspecified atom stereocenters. The molecule has 1 rings (SSSR count). The summed E-state index contributed by atoms with van der Waals surface area (Å²) in [5.41, 5.74) is 0. The number of nitrogens with zero attached hydrogens (tertiary/aromatic N) is 1. The number of hydrogen-bond acceptors (Lipinski definition) is 5. The lowest BCUT2D eigenvalue weighted by Crippen LogP contribution is -2.33. The molecule has 16 heavy (non-hydrogen) atoms. The predicted octanol–water partition coefficient (Wildman–Crippen LogP) is 0.577. The SMILES string of the molecule is COC(=O)CCN1CCCC1CC(=O)OC. The van der Waals surface area contributed by atoms with Crippen LogP contribution in [0.4, 0.5) is 0 Å². The highest BCUT2D eigenvalue weighted by Gasteiger charge is 2.27. The minimum atomic E-state index is -0.205. The van der Waals surface area contributed by atoms with Crippen molar-refractivity contribution < 1.29 is 19.1 Å². The van der Waals surface area contributed by atoms with Gasteiger partial charge in [-0.1, -0.05) is 0 Å². The lowest BCUT2D eigenvalue weighted by molar-refractivity contribution is -0.141. The third-order valence-electron chi connectivity index (χ3n) is 2.96. The van der Waals surface area contributed by atoms with E-state index in [1.807, 2.05) is 0 Å².